The minimum Gasteiger partial charge on any atom is -0.492 e. The van der Waals surface area contributed by atoms with Crippen LogP contribution in [0, 0.1) is 5.92 Å². The zero-order chi connectivity index (χ0) is 13.5. The number of rotatable bonds is 6. The van der Waals surface area contributed by atoms with Crippen LogP contribution in [0.5, 0.6) is 5.75 Å². The maximum Gasteiger partial charge on any atom is 0.119 e. The van der Waals surface area contributed by atoms with Crippen molar-refractivity contribution in [1.82, 2.24) is 5.32 Å². The van der Waals surface area contributed by atoms with Crippen LogP contribution in [-0.2, 0) is 6.42 Å². The Kier molecular flexibility index (Phi) is 5.71. The molecular weight excluding hydrogens is 234 g/mol. The first-order valence-electron chi connectivity index (χ1n) is 7.74. The van der Waals surface area contributed by atoms with E-state index in [0.29, 0.717) is 6.04 Å². The maximum atomic E-state index is 5.81. The summed E-state index contributed by atoms with van der Waals surface area (Å²) in [5, 5.41) is 3.65. The molecule has 1 N–H and O–H groups in total. The van der Waals surface area contributed by atoms with Crippen molar-refractivity contribution in [1.29, 1.82) is 0 Å². The molecule has 2 nitrogen and oxygen atoms in total. The van der Waals surface area contributed by atoms with E-state index in [9.17, 15) is 0 Å². The van der Waals surface area contributed by atoms with Crippen molar-refractivity contribution in [3.05, 3.63) is 29.8 Å². The Labute approximate surface area is 117 Å². The molecule has 0 saturated heterocycles. The molecule has 1 aromatic carbocycles. The van der Waals surface area contributed by atoms with Crippen LogP contribution in [0.25, 0.3) is 0 Å². The normalized spacial score (nSPS) is 23.3. The lowest BCUT2D eigenvalue weighted by molar-refractivity contribution is 0.251. The highest BCUT2D eigenvalue weighted by Gasteiger charge is 2.20. The Bertz CT molecular complexity index is 377. The highest BCUT2D eigenvalue weighted by molar-refractivity contribution is 5.28. The van der Waals surface area contributed by atoms with Gasteiger partial charge in [-0.1, -0.05) is 38.8 Å². The lowest BCUT2D eigenvalue weighted by atomic mass is 9.86. The zero-order valence-electron chi connectivity index (χ0n) is 12.3. The van der Waals surface area contributed by atoms with Gasteiger partial charge in [0.15, 0.2) is 0 Å². The van der Waals surface area contributed by atoms with E-state index in [-0.39, 0.29) is 0 Å². The van der Waals surface area contributed by atoms with Crippen LogP contribution in [0.4, 0.5) is 0 Å². The van der Waals surface area contributed by atoms with Crippen LogP contribution in [0.3, 0.4) is 0 Å². The molecule has 2 rings (SSSR count). The van der Waals surface area contributed by atoms with Crippen LogP contribution in [0.2, 0.25) is 0 Å². The smallest absolute Gasteiger partial charge is 0.119 e. The Morgan fingerprint density at radius 3 is 2.89 bits per heavy atom. The number of benzene rings is 1. The summed E-state index contributed by atoms with van der Waals surface area (Å²) >= 11 is 0. The third-order valence-corrected chi connectivity index (χ3v) is 4.20. The van der Waals surface area contributed by atoms with Crippen molar-refractivity contribution in [2.24, 2.45) is 5.92 Å². The van der Waals surface area contributed by atoms with Gasteiger partial charge in [-0.3, -0.25) is 0 Å². The molecule has 2 unspecified atom stereocenters. The van der Waals surface area contributed by atoms with E-state index >= 15 is 0 Å². The second-order valence-electron chi connectivity index (χ2n) is 5.67. The van der Waals surface area contributed by atoms with E-state index in [0.717, 1.165) is 31.2 Å². The summed E-state index contributed by atoms with van der Waals surface area (Å²) in [4.78, 5) is 0. The highest BCUT2D eigenvalue weighted by atomic mass is 16.5. The van der Waals surface area contributed by atoms with Gasteiger partial charge in [-0.2, -0.15) is 0 Å². The summed E-state index contributed by atoms with van der Waals surface area (Å²) in [5.74, 6) is 1.81. The van der Waals surface area contributed by atoms with Gasteiger partial charge in [-0.15, -0.1) is 0 Å². The maximum absolute atomic E-state index is 5.81. The van der Waals surface area contributed by atoms with Crippen LogP contribution < -0.4 is 10.1 Å². The van der Waals surface area contributed by atoms with Gasteiger partial charge in [0.2, 0.25) is 0 Å². The van der Waals surface area contributed by atoms with Crippen molar-refractivity contribution < 1.29 is 4.74 Å². The van der Waals surface area contributed by atoms with E-state index in [4.69, 9.17) is 4.74 Å². The monoisotopic (exact) mass is 261 g/mol. The fourth-order valence-corrected chi connectivity index (χ4v) is 2.89. The third kappa shape index (κ3) is 4.54. The van der Waals surface area contributed by atoms with Gasteiger partial charge in [-0.25, -0.2) is 0 Å². The molecule has 0 heterocycles. The van der Waals surface area contributed by atoms with Crippen LogP contribution in [0.1, 0.15) is 45.1 Å². The summed E-state index contributed by atoms with van der Waals surface area (Å²) < 4.78 is 5.81. The van der Waals surface area contributed by atoms with E-state index in [1.54, 1.807) is 0 Å². The molecule has 0 aromatic heterocycles. The first-order valence-corrected chi connectivity index (χ1v) is 7.74. The Balaban J connectivity index is 1.68. The average Bonchev–Trinajstić information content (AvgIpc) is 2.45. The first-order chi connectivity index (χ1) is 9.29. The van der Waals surface area contributed by atoms with Gasteiger partial charge in [0, 0.05) is 12.6 Å². The van der Waals surface area contributed by atoms with E-state index in [1.807, 2.05) is 6.07 Å². The lowest BCUT2D eigenvalue weighted by Gasteiger charge is -2.29. The zero-order valence-corrected chi connectivity index (χ0v) is 12.3. The second-order valence-corrected chi connectivity index (χ2v) is 5.67. The Morgan fingerprint density at radius 2 is 2.11 bits per heavy atom. The molecule has 106 valence electrons. The van der Waals surface area contributed by atoms with Gasteiger partial charge in [0.25, 0.3) is 0 Å². The lowest BCUT2D eigenvalue weighted by Crippen LogP contribution is -2.39. The molecule has 1 saturated carbocycles. The van der Waals surface area contributed by atoms with E-state index < -0.39 is 0 Å². The summed E-state index contributed by atoms with van der Waals surface area (Å²) in [6, 6.07) is 9.10. The van der Waals surface area contributed by atoms with Crippen molar-refractivity contribution in [3.8, 4) is 5.75 Å². The van der Waals surface area contributed by atoms with Crippen molar-refractivity contribution in [2.45, 2.75) is 52.0 Å². The Morgan fingerprint density at radius 1 is 1.26 bits per heavy atom. The van der Waals surface area contributed by atoms with Gasteiger partial charge in [0.05, 0.1) is 0 Å². The van der Waals surface area contributed by atoms with Crippen molar-refractivity contribution in [3.63, 3.8) is 0 Å². The molecule has 0 amide bonds. The largest absolute Gasteiger partial charge is 0.492 e. The fourth-order valence-electron chi connectivity index (χ4n) is 2.89. The molecular formula is C17H27NO. The summed E-state index contributed by atoms with van der Waals surface area (Å²) in [6.07, 6.45) is 6.54. The molecule has 2 atom stereocenters. The highest BCUT2D eigenvalue weighted by Crippen LogP contribution is 2.23. The van der Waals surface area contributed by atoms with Crippen molar-refractivity contribution >= 4 is 0 Å². The molecule has 0 spiro atoms. The Hall–Kier alpha value is -1.02. The predicted molar refractivity (Wildman–Crippen MR) is 80.7 cm³/mol. The fraction of sp³-hybridized carbons (Fsp3) is 0.647. The van der Waals surface area contributed by atoms with E-state index in [1.165, 1.54) is 31.2 Å². The predicted octanol–water partition coefficient (Wildman–Crippen LogP) is 3.80. The number of aryl methyl sites for hydroxylation is 1. The van der Waals surface area contributed by atoms with Gasteiger partial charge < -0.3 is 10.1 Å². The summed E-state index contributed by atoms with van der Waals surface area (Å²) in [5.41, 5.74) is 1.34. The summed E-state index contributed by atoms with van der Waals surface area (Å²) in [7, 11) is 0. The van der Waals surface area contributed by atoms with Gasteiger partial charge >= 0.3 is 0 Å². The average molecular weight is 261 g/mol. The summed E-state index contributed by atoms with van der Waals surface area (Å²) in [6.45, 7) is 6.25. The third-order valence-electron chi connectivity index (χ3n) is 4.20. The van der Waals surface area contributed by atoms with Crippen LogP contribution in [0.15, 0.2) is 24.3 Å². The first kappa shape index (κ1) is 14.4. The van der Waals surface area contributed by atoms with Crippen LogP contribution in [-0.4, -0.2) is 19.2 Å². The number of hydrogen-bond donors (Lipinski definition) is 1. The van der Waals surface area contributed by atoms with Crippen LogP contribution >= 0.6 is 0 Å². The standard InChI is InChI=1S/C17H27NO/c1-3-15-8-6-9-16(13-15)19-12-11-18-17-10-5-4-7-14(17)2/h6,8-9,13-14,17-18H,3-5,7,10-12H2,1-2H3. The number of ether oxygens (including phenoxy) is 1. The van der Waals surface area contributed by atoms with Gasteiger partial charge in [-0.05, 0) is 42.9 Å². The molecule has 19 heavy (non-hydrogen) atoms. The number of hydrogen-bond acceptors (Lipinski definition) is 2. The minimum atomic E-state index is 0.694. The molecule has 1 aromatic rings. The topological polar surface area (TPSA) is 21.3 Å². The molecule has 0 aliphatic heterocycles. The molecule has 1 aliphatic carbocycles. The number of nitrogens with one attached hydrogen (secondary N) is 1. The molecule has 0 bridgehead atoms. The molecule has 1 fully saturated rings. The van der Waals surface area contributed by atoms with E-state index in [2.05, 4.69) is 37.4 Å². The quantitative estimate of drug-likeness (QED) is 0.787. The molecule has 1 aliphatic rings. The molecule has 0 radical (unpaired) electrons. The molecule has 2 heteroatoms. The van der Waals surface area contributed by atoms with Gasteiger partial charge in [0.1, 0.15) is 12.4 Å². The second kappa shape index (κ2) is 7.54. The van der Waals surface area contributed by atoms with Crippen molar-refractivity contribution in [2.75, 3.05) is 13.2 Å². The SMILES string of the molecule is CCc1cccc(OCCNC2CCCCC2C)c1. The minimum absolute atomic E-state index is 0.694.